The number of nitrogens with one attached hydrogen (secondary N) is 2. The van der Waals surface area contributed by atoms with E-state index in [0.29, 0.717) is 48.3 Å². The Kier molecular flexibility index (Phi) is 15.4. The Morgan fingerprint density at radius 1 is 0.466 bits per heavy atom. The van der Waals surface area contributed by atoms with Crippen molar-refractivity contribution in [2.45, 2.75) is 89.8 Å². The highest BCUT2D eigenvalue weighted by molar-refractivity contribution is 6.00. The van der Waals surface area contributed by atoms with Crippen LogP contribution < -0.4 is 20.1 Å². The number of carbonyl (C=O) groups is 4. The molecule has 0 radical (unpaired) electrons. The summed E-state index contributed by atoms with van der Waals surface area (Å²) in [6, 6.07) is 32.6. The Balaban J connectivity index is 0.000000221. The van der Waals surface area contributed by atoms with Crippen LogP contribution in [0.15, 0.2) is 133 Å². The molecule has 2 aliphatic heterocycles. The molecule has 4 aromatic rings. The molecule has 0 aromatic heterocycles. The van der Waals surface area contributed by atoms with Crippen molar-refractivity contribution in [1.82, 2.24) is 20.4 Å². The van der Waals surface area contributed by atoms with Crippen molar-refractivity contribution in [1.29, 1.82) is 0 Å². The molecule has 6 atom stereocenters. The van der Waals surface area contributed by atoms with Gasteiger partial charge >= 0.3 is 0 Å². The number of nitrogens with zero attached hydrogens (tertiary/aromatic N) is 2. The zero-order valence-electron chi connectivity index (χ0n) is 34.3. The highest BCUT2D eigenvalue weighted by atomic mass is 16.5. The molecule has 0 saturated heterocycles. The van der Waals surface area contributed by atoms with E-state index in [0.717, 1.165) is 11.1 Å². The third kappa shape index (κ3) is 11.5. The number of ether oxygens (including phenoxy) is 2. The predicted octanol–water partition coefficient (Wildman–Crippen LogP) is 8.24. The molecule has 2 N–H and O–H groups in total. The van der Waals surface area contributed by atoms with Crippen LogP contribution in [-0.4, -0.2) is 71.8 Å². The highest BCUT2D eigenvalue weighted by Gasteiger charge is 2.29. The summed E-state index contributed by atoms with van der Waals surface area (Å²) in [6.45, 7) is 7.45. The van der Waals surface area contributed by atoms with Gasteiger partial charge in [0.15, 0.2) is 0 Å². The maximum Gasteiger partial charge on any atom is 0.258 e. The molecule has 0 fully saturated rings. The van der Waals surface area contributed by atoms with Crippen LogP contribution in [0.3, 0.4) is 0 Å². The lowest BCUT2D eigenvalue weighted by atomic mass is 10.0. The second-order valence-corrected chi connectivity index (χ2v) is 14.9. The minimum Gasteiger partial charge on any atom is -0.490 e. The summed E-state index contributed by atoms with van der Waals surface area (Å²) in [4.78, 5) is 54.9. The lowest BCUT2D eigenvalue weighted by molar-refractivity contribution is -0.126. The number of fused-ring (bicyclic) bond motifs is 2. The first kappa shape index (κ1) is 43.0. The summed E-state index contributed by atoms with van der Waals surface area (Å²) in [5.41, 5.74) is 2.99. The standard InChI is InChI=1S/2C24H28N2O3/c2*1-17-11-7-9-15-21(19-12-5-4-6-13-19)25-23(27)18(2)26(3)24(28)20-14-8-10-16-22(20)29-17/h2*4-10,12-14,16-18,21H,11,15H2,1-3H3,(H,25,27)/b9-7+;9-7-/t2*17-,18-,21+/m00/s1. The quantitative estimate of drug-likeness (QED) is 0.198. The van der Waals surface area contributed by atoms with Gasteiger partial charge in [0.1, 0.15) is 23.6 Å². The van der Waals surface area contributed by atoms with Gasteiger partial charge < -0.3 is 29.9 Å². The summed E-state index contributed by atoms with van der Waals surface area (Å²) in [5.74, 6) is 0.228. The average molecular weight is 785 g/mol. The van der Waals surface area contributed by atoms with E-state index in [1.807, 2.05) is 86.6 Å². The fourth-order valence-electron chi connectivity index (χ4n) is 6.66. The predicted molar refractivity (Wildman–Crippen MR) is 228 cm³/mol. The van der Waals surface area contributed by atoms with Gasteiger partial charge in [-0.1, -0.05) is 109 Å². The molecule has 10 nitrogen and oxygen atoms in total. The van der Waals surface area contributed by atoms with Crippen molar-refractivity contribution < 1.29 is 28.7 Å². The fraction of sp³-hybridized carbons (Fsp3) is 0.333. The van der Waals surface area contributed by atoms with Crippen molar-refractivity contribution >= 4 is 23.6 Å². The van der Waals surface area contributed by atoms with Crippen LogP contribution in [0, 0.1) is 0 Å². The van der Waals surface area contributed by atoms with Gasteiger partial charge in [-0.3, -0.25) is 19.2 Å². The molecule has 304 valence electrons. The summed E-state index contributed by atoms with van der Waals surface area (Å²) < 4.78 is 12.1. The Morgan fingerprint density at radius 3 is 1.17 bits per heavy atom. The Hall–Kier alpha value is -6.16. The minimum absolute atomic E-state index is 0.0735. The number of rotatable bonds is 2. The summed E-state index contributed by atoms with van der Waals surface area (Å²) >= 11 is 0. The third-order valence-corrected chi connectivity index (χ3v) is 10.5. The van der Waals surface area contributed by atoms with Crippen molar-refractivity contribution in [3.63, 3.8) is 0 Å². The maximum atomic E-state index is 13.1. The largest absolute Gasteiger partial charge is 0.490 e. The Morgan fingerprint density at radius 2 is 0.793 bits per heavy atom. The number of carbonyl (C=O) groups excluding carboxylic acids is 4. The van der Waals surface area contributed by atoms with Gasteiger partial charge in [0, 0.05) is 26.9 Å². The van der Waals surface area contributed by atoms with Crippen LogP contribution in [0.25, 0.3) is 0 Å². The third-order valence-electron chi connectivity index (χ3n) is 10.5. The first-order chi connectivity index (χ1) is 27.9. The van der Waals surface area contributed by atoms with E-state index < -0.39 is 12.1 Å². The molecule has 0 aliphatic carbocycles. The number of likely N-dealkylation sites (N-methyl/N-ethyl adjacent to an activating group) is 2. The molecule has 6 rings (SSSR count). The normalized spacial score (nSPS) is 24.7. The number of hydrogen-bond acceptors (Lipinski definition) is 6. The molecule has 58 heavy (non-hydrogen) atoms. The number of amides is 4. The van der Waals surface area contributed by atoms with Gasteiger partial charge in [0.05, 0.1) is 35.4 Å². The number of hydrogen-bond donors (Lipinski definition) is 2. The van der Waals surface area contributed by atoms with Crippen molar-refractivity contribution in [2.24, 2.45) is 0 Å². The molecule has 0 saturated carbocycles. The zero-order chi connectivity index (χ0) is 41.6. The van der Waals surface area contributed by atoms with E-state index in [9.17, 15) is 19.2 Å². The van der Waals surface area contributed by atoms with E-state index >= 15 is 0 Å². The summed E-state index contributed by atoms with van der Waals surface area (Å²) in [6.07, 6.45) is 10.9. The highest BCUT2D eigenvalue weighted by Crippen LogP contribution is 2.26. The van der Waals surface area contributed by atoms with E-state index in [2.05, 4.69) is 34.9 Å². The van der Waals surface area contributed by atoms with E-state index in [1.165, 1.54) is 9.80 Å². The van der Waals surface area contributed by atoms with Gasteiger partial charge in [-0.15, -0.1) is 0 Å². The monoisotopic (exact) mass is 784 g/mol. The molecule has 0 unspecified atom stereocenters. The second kappa shape index (κ2) is 20.8. The Labute approximate surface area is 342 Å². The average Bonchev–Trinajstić information content (AvgIpc) is 3.24. The lowest BCUT2D eigenvalue weighted by Gasteiger charge is -2.28. The van der Waals surface area contributed by atoms with Crippen LogP contribution in [0.1, 0.15) is 97.3 Å². The van der Waals surface area contributed by atoms with Gasteiger partial charge in [-0.25, -0.2) is 0 Å². The topological polar surface area (TPSA) is 117 Å². The summed E-state index contributed by atoms with van der Waals surface area (Å²) in [5, 5.41) is 6.22. The van der Waals surface area contributed by atoms with Crippen LogP contribution >= 0.6 is 0 Å². The Bertz CT molecular complexity index is 1900. The van der Waals surface area contributed by atoms with Gasteiger partial charge in [-0.05, 0) is 75.9 Å². The first-order valence-corrected chi connectivity index (χ1v) is 20.0. The molecule has 0 bridgehead atoms. The minimum atomic E-state index is -0.619. The lowest BCUT2D eigenvalue weighted by Crippen LogP contribution is -2.47. The molecule has 2 heterocycles. The van der Waals surface area contributed by atoms with E-state index in [1.54, 1.807) is 64.3 Å². The molecule has 4 amide bonds. The van der Waals surface area contributed by atoms with Crippen LogP contribution in [-0.2, 0) is 9.59 Å². The smallest absolute Gasteiger partial charge is 0.258 e. The SMILES string of the molecule is C[C@H]1C/C=C/C[C@H](c2ccccc2)NC(=O)[C@H](C)N(C)C(=O)c2ccccc2O1.C[C@H]1C/C=C\C[C@H](c2ccccc2)NC(=O)[C@H](C)N(C)C(=O)c2ccccc2O1. The fourth-order valence-corrected chi connectivity index (χ4v) is 6.66. The zero-order valence-corrected chi connectivity index (χ0v) is 34.3. The van der Waals surface area contributed by atoms with Crippen molar-refractivity contribution in [3.05, 3.63) is 156 Å². The van der Waals surface area contributed by atoms with E-state index in [-0.39, 0.29) is 47.9 Å². The molecular weight excluding hydrogens is 729 g/mol. The molecule has 2 aliphatic rings. The second-order valence-electron chi connectivity index (χ2n) is 14.9. The molecule has 0 spiro atoms. The van der Waals surface area contributed by atoms with Gasteiger partial charge in [0.2, 0.25) is 11.8 Å². The molecule has 10 heteroatoms. The van der Waals surface area contributed by atoms with Gasteiger partial charge in [0.25, 0.3) is 11.8 Å². The number of benzene rings is 4. The summed E-state index contributed by atoms with van der Waals surface area (Å²) in [7, 11) is 3.30. The molecular formula is C48H56N4O6. The van der Waals surface area contributed by atoms with Crippen molar-refractivity contribution in [2.75, 3.05) is 14.1 Å². The molecule has 4 aromatic carbocycles. The maximum absolute atomic E-state index is 13.1. The number of para-hydroxylation sites is 2. The first-order valence-electron chi connectivity index (χ1n) is 20.0. The van der Waals surface area contributed by atoms with Crippen LogP contribution in [0.4, 0.5) is 0 Å². The van der Waals surface area contributed by atoms with Crippen LogP contribution in [0.5, 0.6) is 11.5 Å². The van der Waals surface area contributed by atoms with Gasteiger partial charge in [-0.2, -0.15) is 0 Å². The van der Waals surface area contributed by atoms with Crippen molar-refractivity contribution in [3.8, 4) is 11.5 Å². The van der Waals surface area contributed by atoms with Crippen LogP contribution in [0.2, 0.25) is 0 Å². The van der Waals surface area contributed by atoms with E-state index in [4.69, 9.17) is 9.47 Å².